The van der Waals surface area contributed by atoms with Crippen LogP contribution in [0.4, 0.5) is 32.0 Å². The van der Waals surface area contributed by atoms with Crippen molar-refractivity contribution in [1.29, 1.82) is 0 Å². The van der Waals surface area contributed by atoms with Crippen LogP contribution in [0.1, 0.15) is 22.5 Å². The quantitative estimate of drug-likeness (QED) is 0.436. The largest absolute Gasteiger partial charge is 0.322 e. The normalized spacial score (nSPS) is 11.5. The first kappa shape index (κ1) is 22.1. The molecule has 0 aliphatic heterocycles. The Bertz CT molecular complexity index is 1130. The Hall–Kier alpha value is -3.63. The summed E-state index contributed by atoms with van der Waals surface area (Å²) in [5.74, 6) is -9.65. The van der Waals surface area contributed by atoms with Crippen LogP contribution in [0.3, 0.4) is 0 Å². The minimum absolute atomic E-state index is 0.280. The Morgan fingerprint density at radius 2 is 1.68 bits per heavy atom. The third-order valence-electron chi connectivity index (χ3n) is 4.29. The van der Waals surface area contributed by atoms with Gasteiger partial charge in [-0.25, -0.2) is 17.6 Å². The molecule has 1 amide bonds. The van der Waals surface area contributed by atoms with E-state index in [0.717, 1.165) is 16.8 Å². The van der Waals surface area contributed by atoms with E-state index in [-0.39, 0.29) is 5.69 Å². The fourth-order valence-electron chi connectivity index (χ4n) is 2.88. The third-order valence-corrected chi connectivity index (χ3v) is 4.29. The van der Waals surface area contributed by atoms with Gasteiger partial charge in [-0.1, -0.05) is 6.08 Å². The molecule has 5 nitrogen and oxygen atoms in total. The molecule has 1 N–H and O–H groups in total. The van der Waals surface area contributed by atoms with Gasteiger partial charge in [0.25, 0.3) is 11.8 Å². The maximum absolute atomic E-state index is 14.6. The van der Waals surface area contributed by atoms with Gasteiger partial charge < -0.3 is 5.32 Å². The Labute approximate surface area is 172 Å². The number of carbonyl (C=O) groups excluding carboxylic acids is 1. The van der Waals surface area contributed by atoms with Crippen LogP contribution >= 0.6 is 0 Å². The molecular formula is C20H14F6N4O. The van der Waals surface area contributed by atoms with Crippen LogP contribution in [0.2, 0.25) is 0 Å². The molecule has 162 valence electrons. The van der Waals surface area contributed by atoms with Crippen molar-refractivity contribution in [1.82, 2.24) is 14.8 Å². The zero-order valence-electron chi connectivity index (χ0n) is 15.9. The van der Waals surface area contributed by atoms with Gasteiger partial charge in [-0.15, -0.1) is 6.58 Å². The molecule has 0 fully saturated rings. The predicted molar refractivity (Wildman–Crippen MR) is 99.4 cm³/mol. The molecule has 0 saturated heterocycles. The SMILES string of the molecule is C=CCC(F)(F)c1cc(-c2c(F)cc(NC(=O)c3c(F)cncc3F)cc2F)n(C)n1. The van der Waals surface area contributed by atoms with Crippen LogP contribution in [0, 0.1) is 23.3 Å². The number of rotatable bonds is 6. The molecule has 0 bridgehead atoms. The van der Waals surface area contributed by atoms with E-state index >= 15 is 0 Å². The lowest BCUT2D eigenvalue weighted by molar-refractivity contribution is -0.00592. The summed E-state index contributed by atoms with van der Waals surface area (Å²) in [6.07, 6.45) is 1.47. The second kappa shape index (κ2) is 8.25. The van der Waals surface area contributed by atoms with Crippen molar-refractivity contribution in [2.24, 2.45) is 7.05 Å². The Morgan fingerprint density at radius 1 is 1.10 bits per heavy atom. The molecule has 0 saturated carbocycles. The fraction of sp³-hybridized carbons (Fsp3) is 0.150. The summed E-state index contributed by atoms with van der Waals surface area (Å²) >= 11 is 0. The van der Waals surface area contributed by atoms with Gasteiger partial charge in [-0.3, -0.25) is 14.5 Å². The van der Waals surface area contributed by atoms with E-state index in [9.17, 15) is 31.1 Å². The second-order valence-electron chi connectivity index (χ2n) is 6.48. The van der Waals surface area contributed by atoms with E-state index < -0.39 is 64.0 Å². The van der Waals surface area contributed by atoms with Gasteiger partial charge in [0.2, 0.25) is 0 Å². The molecule has 0 aliphatic rings. The van der Waals surface area contributed by atoms with Crippen LogP contribution < -0.4 is 5.32 Å². The maximum atomic E-state index is 14.6. The molecule has 11 heteroatoms. The van der Waals surface area contributed by atoms with Crippen LogP contribution in [0.15, 0.2) is 43.2 Å². The van der Waals surface area contributed by atoms with Crippen molar-refractivity contribution in [3.63, 3.8) is 0 Å². The Balaban J connectivity index is 1.96. The van der Waals surface area contributed by atoms with Crippen molar-refractivity contribution in [2.45, 2.75) is 12.3 Å². The first-order chi connectivity index (χ1) is 14.5. The third kappa shape index (κ3) is 4.30. The van der Waals surface area contributed by atoms with Crippen LogP contribution in [-0.2, 0) is 13.0 Å². The molecule has 0 spiro atoms. The highest BCUT2D eigenvalue weighted by molar-refractivity contribution is 6.04. The van der Waals surface area contributed by atoms with E-state index in [1.165, 1.54) is 7.05 Å². The summed E-state index contributed by atoms with van der Waals surface area (Å²) in [6.45, 7) is 3.23. The number of allylic oxidation sites excluding steroid dienone is 1. The number of hydrogen-bond acceptors (Lipinski definition) is 3. The number of alkyl halides is 2. The number of pyridine rings is 1. The molecule has 0 aliphatic carbocycles. The van der Waals surface area contributed by atoms with E-state index in [0.29, 0.717) is 24.5 Å². The topological polar surface area (TPSA) is 59.8 Å². The predicted octanol–water partition coefficient (Wildman–Crippen LogP) is 4.96. The average Bonchev–Trinajstić information content (AvgIpc) is 3.03. The number of aryl methyl sites for hydroxylation is 1. The van der Waals surface area contributed by atoms with E-state index in [1.54, 1.807) is 0 Å². The molecule has 2 heterocycles. The summed E-state index contributed by atoms with van der Waals surface area (Å²) in [5.41, 5.74) is -3.09. The monoisotopic (exact) mass is 440 g/mol. The molecule has 0 radical (unpaired) electrons. The second-order valence-corrected chi connectivity index (χ2v) is 6.48. The van der Waals surface area contributed by atoms with Crippen LogP contribution in [-0.4, -0.2) is 20.7 Å². The molecular weight excluding hydrogens is 426 g/mol. The van der Waals surface area contributed by atoms with Crippen molar-refractivity contribution >= 4 is 11.6 Å². The minimum Gasteiger partial charge on any atom is -0.322 e. The Morgan fingerprint density at radius 3 is 2.23 bits per heavy atom. The van der Waals surface area contributed by atoms with E-state index in [4.69, 9.17) is 0 Å². The van der Waals surface area contributed by atoms with Gasteiger partial charge >= 0.3 is 0 Å². The van der Waals surface area contributed by atoms with Gasteiger partial charge in [0.05, 0.1) is 23.7 Å². The van der Waals surface area contributed by atoms with E-state index in [2.05, 4.69) is 16.7 Å². The number of amides is 1. The lowest BCUT2D eigenvalue weighted by atomic mass is 10.1. The van der Waals surface area contributed by atoms with Gasteiger partial charge in [0, 0.05) is 19.2 Å². The summed E-state index contributed by atoms with van der Waals surface area (Å²) in [5, 5.41) is 5.60. The number of benzene rings is 1. The zero-order valence-corrected chi connectivity index (χ0v) is 15.9. The van der Waals surface area contributed by atoms with Gasteiger partial charge in [-0.2, -0.15) is 13.9 Å². The lowest BCUT2D eigenvalue weighted by Gasteiger charge is -2.10. The number of aromatic nitrogens is 3. The lowest BCUT2D eigenvalue weighted by Crippen LogP contribution is -2.16. The van der Waals surface area contributed by atoms with Gasteiger partial charge in [0.15, 0.2) is 11.6 Å². The first-order valence-electron chi connectivity index (χ1n) is 8.68. The molecule has 1 aromatic carbocycles. The van der Waals surface area contributed by atoms with Crippen molar-refractivity contribution in [3.05, 3.63) is 77.8 Å². The maximum Gasteiger partial charge on any atom is 0.294 e. The van der Waals surface area contributed by atoms with E-state index in [1.807, 2.05) is 5.32 Å². The van der Waals surface area contributed by atoms with Crippen LogP contribution in [0.25, 0.3) is 11.3 Å². The molecule has 3 rings (SSSR count). The highest BCUT2D eigenvalue weighted by atomic mass is 19.3. The standard InChI is InChI=1S/C20H14F6N4O/c1-3-4-20(25,26)16-7-15(30(2)29-16)17-11(21)5-10(6-12(17)22)28-19(31)18-13(23)8-27-9-14(18)24/h3,5-9H,1,4H2,2H3,(H,28,31). The average molecular weight is 440 g/mol. The fourth-order valence-corrected chi connectivity index (χ4v) is 2.88. The van der Waals surface area contributed by atoms with Crippen LogP contribution in [0.5, 0.6) is 0 Å². The summed E-state index contributed by atoms with van der Waals surface area (Å²) < 4.78 is 85.6. The first-order valence-corrected chi connectivity index (χ1v) is 8.68. The zero-order chi connectivity index (χ0) is 22.9. The van der Waals surface area contributed by atoms with Gasteiger partial charge in [0.1, 0.15) is 22.9 Å². The number of halogens is 6. The van der Waals surface area contributed by atoms with Crippen molar-refractivity contribution in [3.8, 4) is 11.3 Å². The Kier molecular flexibility index (Phi) is 5.87. The number of nitrogens with one attached hydrogen (secondary N) is 1. The van der Waals surface area contributed by atoms with Gasteiger partial charge in [-0.05, 0) is 18.2 Å². The minimum atomic E-state index is -3.39. The molecule has 3 aromatic rings. The smallest absolute Gasteiger partial charge is 0.294 e. The number of hydrogen-bond donors (Lipinski definition) is 1. The number of anilines is 1. The highest BCUT2D eigenvalue weighted by Gasteiger charge is 2.34. The molecule has 2 aromatic heterocycles. The molecule has 0 atom stereocenters. The summed E-state index contributed by atoms with van der Waals surface area (Å²) in [6, 6.07) is 2.20. The number of carbonyl (C=O) groups is 1. The number of nitrogens with zero attached hydrogens (tertiary/aromatic N) is 3. The highest BCUT2D eigenvalue weighted by Crippen LogP contribution is 2.35. The summed E-state index contributed by atoms with van der Waals surface area (Å²) in [7, 11) is 1.23. The molecule has 31 heavy (non-hydrogen) atoms. The molecule has 0 unspecified atom stereocenters. The van der Waals surface area contributed by atoms with Crippen molar-refractivity contribution in [2.75, 3.05) is 5.32 Å². The van der Waals surface area contributed by atoms with Crippen molar-refractivity contribution < 1.29 is 31.1 Å². The summed E-state index contributed by atoms with van der Waals surface area (Å²) in [4.78, 5) is 15.3.